The van der Waals surface area contributed by atoms with Crippen LogP contribution in [-0.4, -0.2) is 5.78 Å². The molecule has 1 heterocycles. The van der Waals surface area contributed by atoms with Gasteiger partial charge in [0.25, 0.3) is 0 Å². The summed E-state index contributed by atoms with van der Waals surface area (Å²) in [6, 6.07) is 1.77. The molecule has 0 unspecified atom stereocenters. The van der Waals surface area contributed by atoms with Crippen molar-refractivity contribution in [3.05, 3.63) is 23.7 Å². The van der Waals surface area contributed by atoms with E-state index in [0.717, 1.165) is 5.76 Å². The molecule has 0 aliphatic carbocycles. The summed E-state index contributed by atoms with van der Waals surface area (Å²) in [5, 5.41) is 0. The molecule has 0 fully saturated rings. The Bertz CT molecular complexity index is 289. The number of hydrogen-bond donors (Lipinski definition) is 0. The van der Waals surface area contributed by atoms with Crippen molar-refractivity contribution in [2.75, 3.05) is 0 Å². The molecule has 1 aromatic rings. The number of furan rings is 1. The van der Waals surface area contributed by atoms with E-state index in [9.17, 15) is 4.79 Å². The van der Waals surface area contributed by atoms with E-state index in [-0.39, 0.29) is 11.2 Å². The Kier molecular flexibility index (Phi) is 2.09. The van der Waals surface area contributed by atoms with Gasteiger partial charge in [-0.05, 0) is 13.0 Å². The highest BCUT2D eigenvalue weighted by Crippen LogP contribution is 2.21. The minimum Gasteiger partial charge on any atom is -0.469 e. The van der Waals surface area contributed by atoms with Crippen molar-refractivity contribution in [3.8, 4) is 0 Å². The maximum Gasteiger partial charge on any atom is 0.171 e. The van der Waals surface area contributed by atoms with Crippen LogP contribution < -0.4 is 0 Å². The number of carbonyl (C=O) groups is 1. The smallest absolute Gasteiger partial charge is 0.171 e. The van der Waals surface area contributed by atoms with Crippen LogP contribution >= 0.6 is 0 Å². The Labute approximate surface area is 72.6 Å². The third-order valence-electron chi connectivity index (χ3n) is 1.67. The van der Waals surface area contributed by atoms with Crippen LogP contribution in [0.15, 0.2) is 16.7 Å². The molecule has 1 rings (SSSR count). The first-order valence-electron chi connectivity index (χ1n) is 4.01. The Morgan fingerprint density at radius 1 is 1.42 bits per heavy atom. The van der Waals surface area contributed by atoms with Crippen molar-refractivity contribution in [1.29, 1.82) is 0 Å². The summed E-state index contributed by atoms with van der Waals surface area (Å²) in [5.41, 5.74) is 0.344. The Balaban J connectivity index is 2.93. The molecular formula is C10H14O2. The van der Waals surface area contributed by atoms with Gasteiger partial charge in [0.05, 0.1) is 5.56 Å². The van der Waals surface area contributed by atoms with Gasteiger partial charge in [-0.3, -0.25) is 4.79 Å². The summed E-state index contributed by atoms with van der Waals surface area (Å²) in [7, 11) is 0. The number of aryl methyl sites for hydroxylation is 1. The number of carbonyl (C=O) groups excluding carboxylic acids is 1. The van der Waals surface area contributed by atoms with Crippen molar-refractivity contribution in [3.63, 3.8) is 0 Å². The normalized spacial score (nSPS) is 11.7. The maximum absolute atomic E-state index is 11.6. The van der Waals surface area contributed by atoms with Crippen LogP contribution in [0.2, 0.25) is 0 Å². The fraction of sp³-hybridized carbons (Fsp3) is 0.500. The highest BCUT2D eigenvalue weighted by atomic mass is 16.3. The minimum atomic E-state index is -0.323. The molecule has 0 bridgehead atoms. The topological polar surface area (TPSA) is 30.2 Å². The van der Waals surface area contributed by atoms with Gasteiger partial charge in [0.1, 0.15) is 12.0 Å². The van der Waals surface area contributed by atoms with Gasteiger partial charge >= 0.3 is 0 Å². The van der Waals surface area contributed by atoms with Gasteiger partial charge < -0.3 is 4.42 Å². The first kappa shape index (κ1) is 9.04. The fourth-order valence-corrected chi connectivity index (χ4v) is 0.996. The van der Waals surface area contributed by atoms with Crippen LogP contribution in [0.5, 0.6) is 0 Å². The van der Waals surface area contributed by atoms with Crippen LogP contribution in [0.1, 0.15) is 36.9 Å². The lowest BCUT2D eigenvalue weighted by atomic mass is 9.87. The van der Waals surface area contributed by atoms with Crippen molar-refractivity contribution >= 4 is 5.78 Å². The quantitative estimate of drug-likeness (QED) is 0.600. The highest BCUT2D eigenvalue weighted by Gasteiger charge is 2.23. The van der Waals surface area contributed by atoms with E-state index in [1.54, 1.807) is 6.07 Å². The monoisotopic (exact) mass is 166 g/mol. The fourth-order valence-electron chi connectivity index (χ4n) is 0.996. The summed E-state index contributed by atoms with van der Waals surface area (Å²) >= 11 is 0. The van der Waals surface area contributed by atoms with Crippen molar-refractivity contribution in [1.82, 2.24) is 0 Å². The molecule has 66 valence electrons. The zero-order valence-corrected chi connectivity index (χ0v) is 7.97. The van der Waals surface area contributed by atoms with E-state index in [1.807, 2.05) is 27.7 Å². The molecule has 0 spiro atoms. The largest absolute Gasteiger partial charge is 0.469 e. The molecule has 0 saturated heterocycles. The molecule has 0 N–H and O–H groups in total. The molecule has 0 aromatic carbocycles. The maximum atomic E-state index is 11.6. The van der Waals surface area contributed by atoms with Gasteiger partial charge in [-0.1, -0.05) is 20.8 Å². The number of rotatable bonds is 1. The lowest BCUT2D eigenvalue weighted by Crippen LogP contribution is -2.19. The molecule has 1 aromatic heterocycles. The molecular weight excluding hydrogens is 152 g/mol. The summed E-state index contributed by atoms with van der Waals surface area (Å²) in [6.07, 6.45) is 1.52. The van der Waals surface area contributed by atoms with E-state index in [4.69, 9.17) is 4.42 Å². The van der Waals surface area contributed by atoms with Crippen LogP contribution in [0.3, 0.4) is 0 Å². The number of Topliss-reactive ketones (excluding diaryl/α,β-unsaturated/α-hetero) is 1. The first-order valence-corrected chi connectivity index (χ1v) is 4.01. The van der Waals surface area contributed by atoms with E-state index in [2.05, 4.69) is 0 Å². The lowest BCUT2D eigenvalue weighted by Gasteiger charge is -2.14. The second-order valence-electron chi connectivity index (χ2n) is 4.03. The predicted octanol–water partition coefficient (Wildman–Crippen LogP) is 2.82. The van der Waals surface area contributed by atoms with Gasteiger partial charge in [0.2, 0.25) is 0 Å². The predicted molar refractivity (Wildman–Crippen MR) is 47.2 cm³/mol. The molecule has 12 heavy (non-hydrogen) atoms. The first-order chi connectivity index (χ1) is 5.41. The average Bonchev–Trinajstić information content (AvgIpc) is 2.32. The van der Waals surface area contributed by atoms with Crippen LogP contribution in [0, 0.1) is 12.3 Å². The molecule has 0 atom stereocenters. The van der Waals surface area contributed by atoms with Crippen molar-refractivity contribution < 1.29 is 9.21 Å². The van der Waals surface area contributed by atoms with E-state index < -0.39 is 0 Å². The lowest BCUT2D eigenvalue weighted by molar-refractivity contribution is 0.0857. The van der Waals surface area contributed by atoms with Crippen molar-refractivity contribution in [2.45, 2.75) is 27.7 Å². The number of hydrogen-bond acceptors (Lipinski definition) is 2. The third kappa shape index (κ3) is 1.76. The van der Waals surface area contributed by atoms with Crippen LogP contribution in [-0.2, 0) is 0 Å². The summed E-state index contributed by atoms with van der Waals surface area (Å²) in [4.78, 5) is 11.6. The van der Waals surface area contributed by atoms with E-state index >= 15 is 0 Å². The molecule has 0 saturated carbocycles. The summed E-state index contributed by atoms with van der Waals surface area (Å²) < 4.78 is 5.06. The minimum absolute atomic E-state index is 0.124. The zero-order valence-electron chi connectivity index (χ0n) is 7.97. The van der Waals surface area contributed by atoms with E-state index in [0.29, 0.717) is 5.56 Å². The number of ketones is 1. The Morgan fingerprint density at radius 2 is 2.00 bits per heavy atom. The van der Waals surface area contributed by atoms with Crippen LogP contribution in [0.4, 0.5) is 0 Å². The molecule has 2 heteroatoms. The van der Waals surface area contributed by atoms with Gasteiger partial charge in [-0.25, -0.2) is 0 Å². The molecule has 2 nitrogen and oxygen atoms in total. The molecule has 0 aliphatic rings. The van der Waals surface area contributed by atoms with Gasteiger partial charge in [0.15, 0.2) is 5.78 Å². The second kappa shape index (κ2) is 2.77. The Morgan fingerprint density at radius 3 is 2.33 bits per heavy atom. The van der Waals surface area contributed by atoms with Gasteiger partial charge in [-0.15, -0.1) is 0 Å². The van der Waals surface area contributed by atoms with Gasteiger partial charge in [0, 0.05) is 5.41 Å². The third-order valence-corrected chi connectivity index (χ3v) is 1.67. The van der Waals surface area contributed by atoms with E-state index in [1.165, 1.54) is 6.26 Å². The summed E-state index contributed by atoms with van der Waals surface area (Å²) in [6.45, 7) is 7.53. The SMILES string of the molecule is Cc1cc(C(=O)C(C)(C)C)co1. The molecule has 0 radical (unpaired) electrons. The Hall–Kier alpha value is -1.05. The standard InChI is InChI=1S/C10H14O2/c1-7-5-8(6-12-7)9(11)10(2,3)4/h5-6H,1-4H3. The zero-order chi connectivity index (χ0) is 9.35. The molecule has 0 aliphatic heterocycles. The van der Waals surface area contributed by atoms with Crippen molar-refractivity contribution in [2.24, 2.45) is 5.41 Å². The average molecular weight is 166 g/mol. The van der Waals surface area contributed by atoms with Gasteiger partial charge in [-0.2, -0.15) is 0 Å². The highest BCUT2D eigenvalue weighted by molar-refractivity contribution is 5.99. The summed E-state index contributed by atoms with van der Waals surface area (Å²) in [5.74, 6) is 0.905. The van der Waals surface area contributed by atoms with Crippen LogP contribution in [0.25, 0.3) is 0 Å². The molecule has 0 amide bonds. The second-order valence-corrected chi connectivity index (χ2v) is 4.03.